The molecule has 9 heterocycles. The Morgan fingerprint density at radius 2 is 0.875 bits per heavy atom. The van der Waals surface area contributed by atoms with Crippen molar-refractivity contribution >= 4 is 96.8 Å². The molecule has 0 saturated carbocycles. The van der Waals surface area contributed by atoms with Gasteiger partial charge in [0.15, 0.2) is 49.6 Å². The lowest BCUT2D eigenvalue weighted by Gasteiger charge is -2.36. The first-order valence-corrected chi connectivity index (χ1v) is 39.2. The van der Waals surface area contributed by atoms with Gasteiger partial charge in [-0.25, -0.2) is 49.1 Å². The van der Waals surface area contributed by atoms with Crippen molar-refractivity contribution in [2.75, 3.05) is 62.3 Å². The first-order chi connectivity index (χ1) is 57.2. The Balaban J connectivity index is 0.000000163. The van der Waals surface area contributed by atoms with Crippen molar-refractivity contribution in [1.29, 1.82) is 0 Å². The average Bonchev–Trinajstić information content (AvgIpc) is 1.23. The summed E-state index contributed by atoms with van der Waals surface area (Å²) in [6.45, 7) is 6.40. The number of nitrogens with one attached hydrogen (secondary N) is 2. The molecule has 3 N–H and O–H groups in total. The van der Waals surface area contributed by atoms with E-state index in [1.54, 1.807) is 57.2 Å². The number of H-pyrrole nitrogens is 1. The molecule has 0 aliphatic carbocycles. The molecule has 6 aromatic heterocycles. The number of aromatic amines is 1. The van der Waals surface area contributed by atoms with E-state index in [-0.39, 0.29) is 95.5 Å². The van der Waals surface area contributed by atoms with Crippen LogP contribution >= 0.6 is 34.0 Å². The van der Waals surface area contributed by atoms with Crippen LogP contribution in [0.3, 0.4) is 0 Å². The maximum atomic E-state index is 13.3. The number of halogens is 9. The van der Waals surface area contributed by atoms with Gasteiger partial charge < -0.3 is 62.8 Å². The number of amides is 2. The summed E-state index contributed by atoms with van der Waals surface area (Å²) in [5, 5.41) is 16.8. The number of hydrogen-bond donors (Lipinski definition) is 3. The van der Waals surface area contributed by atoms with E-state index in [1.807, 2.05) is 60.7 Å². The predicted molar refractivity (Wildman–Crippen MR) is 418 cm³/mol. The number of nitrogens with zero attached hydrogens (tertiary/aromatic N) is 10. The van der Waals surface area contributed by atoms with Gasteiger partial charge in [-0.3, -0.25) is 19.4 Å². The second kappa shape index (κ2) is 38.8. The van der Waals surface area contributed by atoms with Crippen LogP contribution in [0.2, 0.25) is 0 Å². The van der Waals surface area contributed by atoms with Crippen LogP contribution < -0.4 is 34.6 Å². The Bertz CT molecular complexity index is 5550. The molecule has 3 fully saturated rings. The van der Waals surface area contributed by atoms with Crippen molar-refractivity contribution in [1.82, 2.24) is 60.0 Å². The third-order valence-corrected chi connectivity index (χ3v) is 21.7. The highest BCUT2D eigenvalue weighted by Gasteiger charge is 2.42. The summed E-state index contributed by atoms with van der Waals surface area (Å²) in [4.78, 5) is 112. The number of aromatic nitrogens is 9. The number of piperidine rings is 3. The number of carbonyl (C=O) groups is 5. The lowest BCUT2D eigenvalue weighted by molar-refractivity contribution is -0.149. The van der Waals surface area contributed by atoms with E-state index in [0.29, 0.717) is 98.9 Å². The molecule has 636 valence electrons. The molecule has 29 nitrogen and oxygen atoms in total. The van der Waals surface area contributed by atoms with Crippen molar-refractivity contribution in [3.8, 4) is 61.5 Å². The van der Waals surface area contributed by atoms with E-state index in [0.717, 1.165) is 61.3 Å². The molecule has 2 amide bonds. The molecule has 0 radical (unpaired) electrons. The van der Waals surface area contributed by atoms with E-state index in [2.05, 4.69) is 54.9 Å². The van der Waals surface area contributed by atoms with Crippen molar-refractivity contribution in [3.05, 3.63) is 168 Å². The summed E-state index contributed by atoms with van der Waals surface area (Å²) >= 11 is 2.33. The molecule has 3 aliphatic rings. The third-order valence-electron chi connectivity index (χ3n) is 19.1. The third kappa shape index (κ3) is 21.4. The smallest absolute Gasteiger partial charge is 0.434 e. The van der Waals surface area contributed by atoms with Crippen molar-refractivity contribution in [3.63, 3.8) is 0 Å². The van der Waals surface area contributed by atoms with Crippen LogP contribution in [-0.4, -0.2) is 189 Å². The zero-order valence-corrected chi connectivity index (χ0v) is 67.7. The summed E-state index contributed by atoms with van der Waals surface area (Å²) in [7, 11) is 8.30. The van der Waals surface area contributed by atoms with Crippen LogP contribution in [0.1, 0.15) is 83.4 Å². The number of esters is 3. The second-order valence-electron chi connectivity index (χ2n) is 26.9. The molecule has 41 heteroatoms. The van der Waals surface area contributed by atoms with E-state index >= 15 is 0 Å². The summed E-state index contributed by atoms with van der Waals surface area (Å²) in [5.41, 5.74) is 1.37. The van der Waals surface area contributed by atoms with Crippen LogP contribution in [0.5, 0.6) is 29.0 Å². The average molecular weight is 1730 g/mol. The molecule has 5 aromatic carbocycles. The van der Waals surface area contributed by atoms with Crippen LogP contribution in [0.25, 0.3) is 65.2 Å². The second-order valence-corrected chi connectivity index (χ2v) is 29.4. The first-order valence-electron chi connectivity index (χ1n) is 36.5. The molecule has 0 bridgehead atoms. The van der Waals surface area contributed by atoms with Gasteiger partial charge in [0.1, 0.15) is 60.8 Å². The highest BCUT2D eigenvalue weighted by molar-refractivity contribution is 7.13. The summed E-state index contributed by atoms with van der Waals surface area (Å²) < 4.78 is 170. The van der Waals surface area contributed by atoms with Gasteiger partial charge in [-0.15, -0.1) is 34.0 Å². The van der Waals surface area contributed by atoms with Gasteiger partial charge in [0.05, 0.1) is 81.5 Å². The van der Waals surface area contributed by atoms with Crippen molar-refractivity contribution in [2.45, 2.75) is 127 Å². The Morgan fingerprint density at radius 1 is 0.475 bits per heavy atom. The highest BCUT2D eigenvalue weighted by atomic mass is 32.1. The van der Waals surface area contributed by atoms with Crippen LogP contribution in [-0.2, 0) is 69.8 Å². The predicted octanol–water partition coefficient (Wildman–Crippen LogP) is 14.3. The molecule has 0 spiro atoms. The fourth-order valence-corrected chi connectivity index (χ4v) is 15.2. The zero-order valence-electron chi connectivity index (χ0n) is 65.3. The Kier molecular flexibility index (Phi) is 28.8. The highest BCUT2D eigenvalue weighted by Crippen LogP contribution is 2.41. The number of likely N-dealkylation sites (tertiary alicyclic amines) is 2. The molecule has 0 unspecified atom stereocenters. The maximum absolute atomic E-state index is 13.3. The number of thiazole rings is 3. The summed E-state index contributed by atoms with van der Waals surface area (Å²) in [6, 6.07) is 26.2. The van der Waals surface area contributed by atoms with Crippen LogP contribution in [0.4, 0.5) is 49.1 Å². The summed E-state index contributed by atoms with van der Waals surface area (Å²) in [5.74, 6) is 0.344. The molecule has 3 aliphatic heterocycles. The number of ether oxygens (including phenoxy) is 10. The largest absolute Gasteiger partial charge is 0.496 e. The molecule has 14 rings (SSSR count). The van der Waals surface area contributed by atoms with E-state index in [1.165, 1.54) is 52.5 Å². The van der Waals surface area contributed by atoms with E-state index in [4.69, 9.17) is 42.6 Å². The van der Waals surface area contributed by atoms with Gasteiger partial charge in [-0.05, 0) is 87.7 Å². The standard InChI is InChI=1S/C29H27F3N4O6S.C21H21F3N4O4S.C15H19NO5.C14H10F3N3O2S/c1-16-21(39-2)10-9-19-23(16)34-24(26-33-22(15-43-26)29(30,31)32)35-25(19)42-18-11-12-36(20(13-18)27(37)40-3)28(38)41-14-17-7-5-4-6-8-17;1-10-14(30-2)5-4-12-16(10)27-17(19-26-15(9-33-19)21(22,23)24)28-18(12)32-11-6-7-25-13(8-11)20(29)31-3;1-20-14(18)13-9-12(17)7-8-16(13)15(19)21-10-11-5-3-2-4-6-11;1-6-8(22-2)4-3-7-10(6)19-11(20-12(7)21)13-18-9(5-23-13)14(15,16)17/h4-10,15,18,20H,11-14H2,1-3H3;4-5,9,11,13,25H,6-8H2,1-3H3;2-6,12-13,17H,7-10H2,1H3;3-5H,1-2H3,(H,19,20,21)/t18-,20-;11-,13-;12-,13+;/m001./s1. The molecule has 3 saturated heterocycles. The zero-order chi connectivity index (χ0) is 86.5. The number of hydrogen-bond acceptors (Lipinski definition) is 29. The Morgan fingerprint density at radius 3 is 1.30 bits per heavy atom. The minimum absolute atomic E-state index is 0.000599. The number of benzene rings is 5. The van der Waals surface area contributed by atoms with Crippen molar-refractivity contribution in [2.24, 2.45) is 0 Å². The molecule has 6 atom stereocenters. The van der Waals surface area contributed by atoms with Gasteiger partial charge in [0.25, 0.3) is 5.56 Å². The number of alkyl halides is 9. The fourth-order valence-electron chi connectivity index (χ4n) is 12.9. The SMILES string of the molecule is COC(=O)[C@@H]1C[C@@H](Oc2nc(-c3nc(C(F)(F)F)cs3)nc3c(C)c(OC)ccc23)CCN1.COC(=O)[C@@H]1C[C@@H](Oc2nc(-c3nc(C(F)(F)F)cs3)nc3c(C)c(OC)ccc23)CCN1C(=O)OCc1ccccc1.COC(=O)[C@@H]1C[C@H](O)CCN1C(=O)OCc1ccccc1.COc1ccc2c(=O)[nH]c(-c3nc(C(F)(F)F)cs3)nc2c1C. The van der Waals surface area contributed by atoms with Gasteiger partial charge in [-0.2, -0.15) is 49.5 Å². The lowest BCUT2D eigenvalue weighted by Crippen LogP contribution is -2.52. The number of aliphatic hydroxyl groups is 1. The molecule has 11 aromatic rings. The minimum Gasteiger partial charge on any atom is -0.496 e. The first kappa shape index (κ1) is 88.9. The molecular formula is C79H77F9N12O17S3. The Hall–Kier alpha value is -12.0. The maximum Gasteiger partial charge on any atom is 0.434 e. The summed E-state index contributed by atoms with van der Waals surface area (Å²) in [6.07, 6.45) is -14.6. The topological polar surface area (TPSA) is 352 Å². The van der Waals surface area contributed by atoms with E-state index in [9.17, 15) is 73.4 Å². The monoisotopic (exact) mass is 1730 g/mol. The van der Waals surface area contributed by atoms with Gasteiger partial charge in [-0.1, -0.05) is 60.7 Å². The number of methoxy groups -OCH3 is 6. The lowest BCUT2D eigenvalue weighted by atomic mass is 9.99. The Labute approximate surface area is 689 Å². The van der Waals surface area contributed by atoms with Gasteiger partial charge in [0, 0.05) is 71.6 Å². The van der Waals surface area contributed by atoms with Crippen molar-refractivity contribution < 1.29 is 116 Å². The van der Waals surface area contributed by atoms with Crippen LogP contribution in [0.15, 0.2) is 118 Å². The quantitative estimate of drug-likeness (QED) is 0.0433. The number of fused-ring (bicyclic) bond motifs is 3. The van der Waals surface area contributed by atoms with E-state index < -0.39 is 95.6 Å². The fraction of sp³-hybridized carbons (Fsp3) is 0.367. The van der Waals surface area contributed by atoms with Gasteiger partial charge in [0.2, 0.25) is 11.8 Å². The number of rotatable bonds is 17. The number of aliphatic hydroxyl groups excluding tert-OH is 1. The number of carbonyl (C=O) groups excluding carboxylic acids is 5. The molecule has 120 heavy (non-hydrogen) atoms. The van der Waals surface area contributed by atoms with Gasteiger partial charge >= 0.3 is 48.6 Å². The van der Waals surface area contributed by atoms with Crippen LogP contribution in [0, 0.1) is 20.8 Å². The normalized spacial score (nSPS) is 17.4. The number of aryl methyl sites for hydroxylation is 3. The molecular weight excluding hydrogens is 1660 g/mol. The minimum atomic E-state index is -4.62.